The van der Waals surface area contributed by atoms with E-state index in [-0.39, 0.29) is 0 Å². The highest BCUT2D eigenvalue weighted by Gasteiger charge is 2.36. The standard InChI is InChI=1S/C11H24O/c1-7-11(12,9(4)5)10(6)8(2)3/h8-10,12H,7H2,1-6H3. The first-order valence-electron chi connectivity index (χ1n) is 5.08. The van der Waals surface area contributed by atoms with Crippen LogP contribution in [0.25, 0.3) is 0 Å². The van der Waals surface area contributed by atoms with Gasteiger partial charge in [0.25, 0.3) is 0 Å². The molecule has 0 radical (unpaired) electrons. The summed E-state index contributed by atoms with van der Waals surface area (Å²) in [7, 11) is 0. The van der Waals surface area contributed by atoms with Gasteiger partial charge in [-0.3, -0.25) is 0 Å². The van der Waals surface area contributed by atoms with Crippen molar-refractivity contribution in [2.45, 2.75) is 53.6 Å². The van der Waals surface area contributed by atoms with Gasteiger partial charge in [-0.15, -0.1) is 0 Å². The maximum atomic E-state index is 10.3. The van der Waals surface area contributed by atoms with Crippen LogP contribution in [0, 0.1) is 17.8 Å². The summed E-state index contributed by atoms with van der Waals surface area (Å²) in [6.07, 6.45) is 0.851. The van der Waals surface area contributed by atoms with Gasteiger partial charge in [0.2, 0.25) is 0 Å². The SMILES string of the molecule is CCC(O)(C(C)C)C(C)C(C)C. The zero-order chi connectivity index (χ0) is 9.94. The Morgan fingerprint density at radius 2 is 1.50 bits per heavy atom. The summed E-state index contributed by atoms with van der Waals surface area (Å²) in [6.45, 7) is 12.8. The topological polar surface area (TPSA) is 20.2 Å². The first-order chi connectivity index (χ1) is 5.36. The highest BCUT2D eigenvalue weighted by molar-refractivity contribution is 4.87. The lowest BCUT2D eigenvalue weighted by Crippen LogP contribution is -2.43. The van der Waals surface area contributed by atoms with Gasteiger partial charge in [-0.1, -0.05) is 41.5 Å². The van der Waals surface area contributed by atoms with Crippen LogP contribution in [0.3, 0.4) is 0 Å². The molecule has 0 bridgehead atoms. The predicted octanol–water partition coefficient (Wildman–Crippen LogP) is 3.08. The minimum absolute atomic E-state index is 0.347. The summed E-state index contributed by atoms with van der Waals surface area (Å²) < 4.78 is 0. The van der Waals surface area contributed by atoms with Gasteiger partial charge < -0.3 is 5.11 Å². The maximum absolute atomic E-state index is 10.3. The summed E-state index contributed by atoms with van der Waals surface area (Å²) >= 11 is 0. The first kappa shape index (κ1) is 12.0. The van der Waals surface area contributed by atoms with E-state index in [9.17, 15) is 5.11 Å². The molecule has 0 heterocycles. The third-order valence-electron chi connectivity index (χ3n) is 3.35. The lowest BCUT2D eigenvalue weighted by molar-refractivity contribution is -0.0706. The third-order valence-corrected chi connectivity index (χ3v) is 3.35. The average Bonchev–Trinajstić information content (AvgIpc) is 2.01. The molecule has 74 valence electrons. The molecule has 1 N–H and O–H groups in total. The molecule has 2 unspecified atom stereocenters. The molecule has 0 spiro atoms. The van der Waals surface area contributed by atoms with E-state index in [0.29, 0.717) is 17.8 Å². The van der Waals surface area contributed by atoms with Crippen LogP contribution >= 0.6 is 0 Å². The van der Waals surface area contributed by atoms with Crippen molar-refractivity contribution >= 4 is 0 Å². The third kappa shape index (κ3) is 2.22. The quantitative estimate of drug-likeness (QED) is 0.691. The molecule has 0 amide bonds. The van der Waals surface area contributed by atoms with Crippen molar-refractivity contribution in [2.24, 2.45) is 17.8 Å². The van der Waals surface area contributed by atoms with Crippen molar-refractivity contribution in [2.75, 3.05) is 0 Å². The van der Waals surface area contributed by atoms with Crippen LogP contribution < -0.4 is 0 Å². The van der Waals surface area contributed by atoms with Crippen LogP contribution in [0.4, 0.5) is 0 Å². The molecule has 0 aromatic heterocycles. The molecule has 1 nitrogen and oxygen atoms in total. The molecule has 0 saturated carbocycles. The molecule has 0 rings (SSSR count). The lowest BCUT2D eigenvalue weighted by atomic mass is 9.73. The molecule has 1 heteroatoms. The smallest absolute Gasteiger partial charge is 0.0695 e. The van der Waals surface area contributed by atoms with Crippen LogP contribution in [0.5, 0.6) is 0 Å². The number of aliphatic hydroxyl groups is 1. The number of hydrogen-bond donors (Lipinski definition) is 1. The van der Waals surface area contributed by atoms with Crippen molar-refractivity contribution in [3.05, 3.63) is 0 Å². The van der Waals surface area contributed by atoms with Crippen molar-refractivity contribution in [3.63, 3.8) is 0 Å². The molecular formula is C11H24O. The molecule has 0 aliphatic carbocycles. The van der Waals surface area contributed by atoms with Crippen molar-refractivity contribution in [1.82, 2.24) is 0 Å². The zero-order valence-corrected chi connectivity index (χ0v) is 9.39. The molecule has 0 saturated heterocycles. The normalized spacial score (nSPS) is 19.8. The Bertz CT molecular complexity index is 129. The Balaban J connectivity index is 4.51. The van der Waals surface area contributed by atoms with E-state index < -0.39 is 5.60 Å². The number of hydrogen-bond acceptors (Lipinski definition) is 1. The first-order valence-corrected chi connectivity index (χ1v) is 5.08. The second-order valence-electron chi connectivity index (χ2n) is 4.53. The fourth-order valence-electron chi connectivity index (χ4n) is 1.83. The van der Waals surface area contributed by atoms with E-state index in [1.165, 1.54) is 0 Å². The summed E-state index contributed by atoms with van der Waals surface area (Å²) in [5, 5.41) is 10.3. The molecule has 0 aliphatic heterocycles. The molecule has 0 aromatic carbocycles. The van der Waals surface area contributed by atoms with E-state index in [2.05, 4.69) is 41.5 Å². The average molecular weight is 172 g/mol. The van der Waals surface area contributed by atoms with E-state index in [4.69, 9.17) is 0 Å². The Labute approximate surface area is 77.2 Å². The predicted molar refractivity (Wildman–Crippen MR) is 54.1 cm³/mol. The second kappa shape index (κ2) is 4.27. The second-order valence-corrected chi connectivity index (χ2v) is 4.53. The Hall–Kier alpha value is -0.0400. The van der Waals surface area contributed by atoms with E-state index in [1.807, 2.05) is 0 Å². The Morgan fingerprint density at radius 1 is 1.08 bits per heavy atom. The van der Waals surface area contributed by atoms with Gasteiger partial charge in [-0.2, -0.15) is 0 Å². The van der Waals surface area contributed by atoms with Crippen LogP contribution in [0.15, 0.2) is 0 Å². The van der Waals surface area contributed by atoms with Gasteiger partial charge in [0, 0.05) is 0 Å². The van der Waals surface area contributed by atoms with Crippen molar-refractivity contribution in [1.29, 1.82) is 0 Å². The minimum atomic E-state index is -0.478. The Morgan fingerprint density at radius 3 is 1.58 bits per heavy atom. The highest BCUT2D eigenvalue weighted by Crippen LogP contribution is 2.33. The molecule has 0 fully saturated rings. The fraction of sp³-hybridized carbons (Fsp3) is 1.00. The van der Waals surface area contributed by atoms with Gasteiger partial charge in [0.1, 0.15) is 0 Å². The molecule has 2 atom stereocenters. The summed E-state index contributed by atoms with van der Waals surface area (Å²) in [5.74, 6) is 1.28. The van der Waals surface area contributed by atoms with E-state index >= 15 is 0 Å². The minimum Gasteiger partial charge on any atom is -0.389 e. The largest absolute Gasteiger partial charge is 0.389 e. The van der Waals surface area contributed by atoms with Gasteiger partial charge in [0.15, 0.2) is 0 Å². The van der Waals surface area contributed by atoms with Gasteiger partial charge >= 0.3 is 0 Å². The van der Waals surface area contributed by atoms with E-state index in [1.54, 1.807) is 0 Å². The monoisotopic (exact) mass is 172 g/mol. The highest BCUT2D eigenvalue weighted by atomic mass is 16.3. The van der Waals surface area contributed by atoms with Gasteiger partial charge in [-0.05, 0) is 24.2 Å². The van der Waals surface area contributed by atoms with Crippen molar-refractivity contribution in [3.8, 4) is 0 Å². The number of rotatable bonds is 4. The molecule has 0 aromatic rings. The van der Waals surface area contributed by atoms with E-state index in [0.717, 1.165) is 6.42 Å². The van der Waals surface area contributed by atoms with Crippen molar-refractivity contribution < 1.29 is 5.11 Å². The summed E-state index contributed by atoms with van der Waals surface area (Å²) in [5.41, 5.74) is -0.478. The van der Waals surface area contributed by atoms with Gasteiger partial charge in [-0.25, -0.2) is 0 Å². The zero-order valence-electron chi connectivity index (χ0n) is 9.39. The van der Waals surface area contributed by atoms with Crippen LogP contribution in [-0.2, 0) is 0 Å². The lowest BCUT2D eigenvalue weighted by Gasteiger charge is -2.39. The maximum Gasteiger partial charge on any atom is 0.0695 e. The Kier molecular flexibility index (Phi) is 4.25. The summed E-state index contributed by atoms with van der Waals surface area (Å²) in [6, 6.07) is 0. The molecular weight excluding hydrogens is 148 g/mol. The van der Waals surface area contributed by atoms with Crippen LogP contribution in [0.2, 0.25) is 0 Å². The van der Waals surface area contributed by atoms with Crippen LogP contribution in [-0.4, -0.2) is 10.7 Å². The summed E-state index contributed by atoms with van der Waals surface area (Å²) in [4.78, 5) is 0. The van der Waals surface area contributed by atoms with Crippen LogP contribution in [0.1, 0.15) is 48.0 Å². The molecule has 12 heavy (non-hydrogen) atoms. The van der Waals surface area contributed by atoms with Gasteiger partial charge in [0.05, 0.1) is 5.60 Å². The fourth-order valence-corrected chi connectivity index (χ4v) is 1.83. The molecule has 0 aliphatic rings.